The van der Waals surface area contributed by atoms with E-state index in [-0.39, 0.29) is 11.4 Å². The average Bonchev–Trinajstić information content (AvgIpc) is 2.66. The molecule has 0 aliphatic rings. The summed E-state index contributed by atoms with van der Waals surface area (Å²) in [5.74, 6) is 0.908. The average molecular weight is 378 g/mol. The molecule has 2 aromatic rings. The molecule has 0 spiro atoms. The first-order valence-corrected chi connectivity index (χ1v) is 9.46. The standard InChI is InChI=1S/C18H22N2O5S/c1-24-15-6-8-17(9-7-15)26(22,23)20-13-18(21)19-11-10-14-4-3-5-16(12-14)25-2/h3-9,12,20H,10-11,13H2,1-2H3,(H,19,21). The van der Waals surface area contributed by atoms with Gasteiger partial charge in [0.2, 0.25) is 15.9 Å². The van der Waals surface area contributed by atoms with Crippen LogP contribution in [0.3, 0.4) is 0 Å². The van der Waals surface area contributed by atoms with Gasteiger partial charge in [0.1, 0.15) is 11.5 Å². The largest absolute Gasteiger partial charge is 0.497 e. The molecule has 0 saturated heterocycles. The Balaban J connectivity index is 1.80. The minimum Gasteiger partial charge on any atom is -0.497 e. The van der Waals surface area contributed by atoms with Crippen LogP contribution in [-0.4, -0.2) is 41.6 Å². The molecule has 0 saturated carbocycles. The van der Waals surface area contributed by atoms with Gasteiger partial charge in [-0.15, -0.1) is 0 Å². The Morgan fingerprint density at radius 3 is 2.35 bits per heavy atom. The Bertz CT molecular complexity index is 835. The molecule has 140 valence electrons. The maximum atomic E-state index is 12.2. The van der Waals surface area contributed by atoms with E-state index in [1.54, 1.807) is 19.2 Å². The van der Waals surface area contributed by atoms with Crippen molar-refractivity contribution in [1.82, 2.24) is 10.0 Å². The zero-order valence-electron chi connectivity index (χ0n) is 14.7. The van der Waals surface area contributed by atoms with Gasteiger partial charge in [-0.25, -0.2) is 13.1 Å². The number of sulfonamides is 1. The number of benzene rings is 2. The van der Waals surface area contributed by atoms with Crippen LogP contribution in [-0.2, 0) is 21.2 Å². The van der Waals surface area contributed by atoms with Gasteiger partial charge >= 0.3 is 0 Å². The molecule has 0 bridgehead atoms. The number of methoxy groups -OCH3 is 2. The lowest BCUT2D eigenvalue weighted by atomic mass is 10.1. The Morgan fingerprint density at radius 1 is 1.00 bits per heavy atom. The van der Waals surface area contributed by atoms with Crippen molar-refractivity contribution >= 4 is 15.9 Å². The fraction of sp³-hybridized carbons (Fsp3) is 0.278. The number of hydrogen-bond donors (Lipinski definition) is 2. The second-order valence-electron chi connectivity index (χ2n) is 5.45. The normalized spacial score (nSPS) is 11.0. The summed E-state index contributed by atoms with van der Waals surface area (Å²) in [6.45, 7) is 0.0722. The fourth-order valence-corrected chi connectivity index (χ4v) is 3.22. The number of nitrogens with one attached hydrogen (secondary N) is 2. The third-order valence-corrected chi connectivity index (χ3v) is 5.08. The molecule has 1 amide bonds. The van der Waals surface area contributed by atoms with Crippen molar-refractivity contribution in [1.29, 1.82) is 0 Å². The zero-order chi connectivity index (χ0) is 19.0. The summed E-state index contributed by atoms with van der Waals surface area (Å²) in [7, 11) is -0.659. The van der Waals surface area contributed by atoms with Crippen LogP contribution < -0.4 is 19.5 Å². The lowest BCUT2D eigenvalue weighted by Crippen LogP contribution is -2.37. The molecule has 2 aromatic carbocycles. The lowest BCUT2D eigenvalue weighted by Gasteiger charge is -2.09. The number of amides is 1. The van der Waals surface area contributed by atoms with Gasteiger partial charge in [0.05, 0.1) is 25.7 Å². The maximum Gasteiger partial charge on any atom is 0.241 e. The van der Waals surface area contributed by atoms with E-state index in [0.717, 1.165) is 11.3 Å². The maximum absolute atomic E-state index is 12.2. The number of carbonyl (C=O) groups is 1. The van der Waals surface area contributed by atoms with Gasteiger partial charge in [0.25, 0.3) is 0 Å². The quantitative estimate of drug-likeness (QED) is 0.687. The number of carbonyl (C=O) groups excluding carboxylic acids is 1. The van der Waals surface area contributed by atoms with Gasteiger partial charge < -0.3 is 14.8 Å². The molecule has 2 N–H and O–H groups in total. The second-order valence-corrected chi connectivity index (χ2v) is 7.22. The van der Waals surface area contributed by atoms with E-state index in [4.69, 9.17) is 9.47 Å². The minimum atomic E-state index is -3.75. The Morgan fingerprint density at radius 2 is 1.69 bits per heavy atom. The summed E-state index contributed by atoms with van der Waals surface area (Å²) in [6.07, 6.45) is 0.619. The highest BCUT2D eigenvalue weighted by Crippen LogP contribution is 2.15. The highest BCUT2D eigenvalue weighted by atomic mass is 32.2. The highest BCUT2D eigenvalue weighted by molar-refractivity contribution is 7.89. The molecule has 8 heteroatoms. The van der Waals surface area contributed by atoms with Gasteiger partial charge in [0, 0.05) is 6.54 Å². The van der Waals surface area contributed by atoms with Crippen molar-refractivity contribution in [2.45, 2.75) is 11.3 Å². The van der Waals surface area contributed by atoms with Crippen molar-refractivity contribution in [2.24, 2.45) is 0 Å². The molecule has 0 atom stereocenters. The topological polar surface area (TPSA) is 93.7 Å². The lowest BCUT2D eigenvalue weighted by molar-refractivity contribution is -0.119. The Hall–Kier alpha value is -2.58. The van der Waals surface area contributed by atoms with E-state index >= 15 is 0 Å². The van der Waals surface area contributed by atoms with E-state index in [0.29, 0.717) is 18.7 Å². The molecule has 0 radical (unpaired) electrons. The SMILES string of the molecule is COc1ccc(S(=O)(=O)NCC(=O)NCCc2cccc(OC)c2)cc1. The molecule has 7 nitrogen and oxygen atoms in total. The number of hydrogen-bond acceptors (Lipinski definition) is 5. The number of ether oxygens (including phenoxy) is 2. The first-order valence-electron chi connectivity index (χ1n) is 7.98. The van der Waals surface area contributed by atoms with Crippen LogP contribution in [0.5, 0.6) is 11.5 Å². The number of rotatable bonds is 9. The molecule has 0 fully saturated rings. The predicted octanol–water partition coefficient (Wildman–Crippen LogP) is 1.34. The van der Waals surface area contributed by atoms with Crippen LogP contribution in [0.4, 0.5) is 0 Å². The first-order chi connectivity index (χ1) is 12.4. The van der Waals surface area contributed by atoms with Gasteiger partial charge in [-0.3, -0.25) is 4.79 Å². The molecule has 0 aromatic heterocycles. The minimum absolute atomic E-state index is 0.0717. The van der Waals surface area contributed by atoms with Crippen LogP contribution in [0, 0.1) is 0 Å². The summed E-state index contributed by atoms with van der Waals surface area (Å²) >= 11 is 0. The molecule has 2 rings (SSSR count). The zero-order valence-corrected chi connectivity index (χ0v) is 15.5. The van der Waals surface area contributed by atoms with E-state index in [1.165, 1.54) is 19.2 Å². The van der Waals surface area contributed by atoms with E-state index < -0.39 is 15.9 Å². The summed E-state index contributed by atoms with van der Waals surface area (Å²) in [5, 5.41) is 2.68. The molecule has 0 aliphatic heterocycles. The Labute approximate surface area is 153 Å². The fourth-order valence-electron chi connectivity index (χ4n) is 2.24. The Kier molecular flexibility index (Phi) is 6.99. The highest BCUT2D eigenvalue weighted by Gasteiger charge is 2.15. The molecule has 0 aliphatic carbocycles. The van der Waals surface area contributed by atoms with E-state index in [9.17, 15) is 13.2 Å². The summed E-state index contributed by atoms with van der Waals surface area (Å²) in [4.78, 5) is 11.9. The van der Waals surface area contributed by atoms with Crippen molar-refractivity contribution in [3.05, 3.63) is 54.1 Å². The van der Waals surface area contributed by atoms with E-state index in [1.807, 2.05) is 24.3 Å². The summed E-state index contributed by atoms with van der Waals surface area (Å²) in [6, 6.07) is 13.5. The monoisotopic (exact) mass is 378 g/mol. The van der Waals surface area contributed by atoms with Gasteiger partial charge in [-0.1, -0.05) is 12.1 Å². The van der Waals surface area contributed by atoms with Gasteiger partial charge in [0.15, 0.2) is 0 Å². The van der Waals surface area contributed by atoms with Crippen LogP contribution in [0.15, 0.2) is 53.4 Å². The third kappa shape index (κ3) is 5.75. The predicted molar refractivity (Wildman–Crippen MR) is 97.9 cm³/mol. The van der Waals surface area contributed by atoms with Crippen LogP contribution in [0.25, 0.3) is 0 Å². The second kappa shape index (κ2) is 9.21. The van der Waals surface area contributed by atoms with Crippen molar-refractivity contribution < 1.29 is 22.7 Å². The summed E-state index contributed by atoms with van der Waals surface area (Å²) < 4.78 is 36.7. The van der Waals surface area contributed by atoms with Gasteiger partial charge in [-0.05, 0) is 48.4 Å². The van der Waals surface area contributed by atoms with Crippen molar-refractivity contribution in [3.8, 4) is 11.5 Å². The molecule has 0 heterocycles. The molecule has 26 heavy (non-hydrogen) atoms. The molecule has 0 unspecified atom stereocenters. The first kappa shape index (κ1) is 19.7. The van der Waals surface area contributed by atoms with Crippen LogP contribution in [0.1, 0.15) is 5.56 Å². The van der Waals surface area contributed by atoms with E-state index in [2.05, 4.69) is 10.0 Å². The molecular formula is C18H22N2O5S. The molecular weight excluding hydrogens is 356 g/mol. The van der Waals surface area contributed by atoms with Crippen molar-refractivity contribution in [3.63, 3.8) is 0 Å². The van der Waals surface area contributed by atoms with Gasteiger partial charge in [-0.2, -0.15) is 0 Å². The van der Waals surface area contributed by atoms with Crippen LogP contribution in [0.2, 0.25) is 0 Å². The van der Waals surface area contributed by atoms with Crippen LogP contribution >= 0.6 is 0 Å². The summed E-state index contributed by atoms with van der Waals surface area (Å²) in [5.41, 5.74) is 1.02. The van der Waals surface area contributed by atoms with Crippen molar-refractivity contribution in [2.75, 3.05) is 27.3 Å². The smallest absolute Gasteiger partial charge is 0.241 e. The third-order valence-electron chi connectivity index (χ3n) is 3.66.